The van der Waals surface area contributed by atoms with E-state index in [4.69, 9.17) is 10.8 Å². The molecule has 1 unspecified atom stereocenters. The quantitative estimate of drug-likeness (QED) is 0.696. The molecule has 4 heteroatoms. The predicted octanol–water partition coefficient (Wildman–Crippen LogP) is 1.04. The molecule has 1 atom stereocenters. The lowest BCUT2D eigenvalue weighted by molar-refractivity contribution is -0.141. The van der Waals surface area contributed by atoms with Crippen LogP contribution in [0.25, 0.3) is 0 Å². The molecule has 0 spiro atoms. The van der Waals surface area contributed by atoms with Crippen molar-refractivity contribution in [2.45, 2.75) is 40.2 Å². The van der Waals surface area contributed by atoms with E-state index in [0.717, 1.165) is 0 Å². The molecule has 0 aliphatic rings. The van der Waals surface area contributed by atoms with Crippen LogP contribution in [0.4, 0.5) is 0 Å². The number of hydrogen-bond acceptors (Lipinski definition) is 3. The standard InChI is InChI=1S/C10H19NO3/c1-6(2)10(3,4)9(14)7(11)5-8(12)13/h6-7H,5,11H2,1-4H3,(H,12,13). The molecular formula is C10H19NO3. The minimum absolute atomic E-state index is 0.148. The molecule has 0 aromatic rings. The van der Waals surface area contributed by atoms with Crippen molar-refractivity contribution in [1.82, 2.24) is 0 Å². The highest BCUT2D eigenvalue weighted by molar-refractivity contribution is 5.91. The Kier molecular flexibility index (Phi) is 4.26. The summed E-state index contributed by atoms with van der Waals surface area (Å²) in [7, 11) is 0. The highest BCUT2D eigenvalue weighted by atomic mass is 16.4. The van der Waals surface area contributed by atoms with Crippen LogP contribution >= 0.6 is 0 Å². The average Bonchev–Trinajstić information content (AvgIpc) is 2.01. The summed E-state index contributed by atoms with van der Waals surface area (Å²) in [6, 6.07) is -0.898. The Hall–Kier alpha value is -0.900. The van der Waals surface area contributed by atoms with E-state index in [1.54, 1.807) is 13.8 Å². The van der Waals surface area contributed by atoms with Crippen LogP contribution in [-0.4, -0.2) is 22.9 Å². The fourth-order valence-electron chi connectivity index (χ4n) is 1.04. The lowest BCUT2D eigenvalue weighted by atomic mass is 9.74. The Balaban J connectivity index is 4.53. The fraction of sp³-hybridized carbons (Fsp3) is 0.800. The van der Waals surface area contributed by atoms with Gasteiger partial charge >= 0.3 is 5.97 Å². The van der Waals surface area contributed by atoms with E-state index in [1.165, 1.54) is 0 Å². The molecule has 0 aromatic heterocycles. The number of carboxylic acids is 1. The van der Waals surface area contributed by atoms with Crippen molar-refractivity contribution in [1.29, 1.82) is 0 Å². The fourth-order valence-corrected chi connectivity index (χ4v) is 1.04. The molecular weight excluding hydrogens is 182 g/mol. The molecule has 0 amide bonds. The van der Waals surface area contributed by atoms with Gasteiger partial charge in [-0.25, -0.2) is 0 Å². The Labute approximate surface area is 84.5 Å². The van der Waals surface area contributed by atoms with Gasteiger partial charge in [0.25, 0.3) is 0 Å². The Morgan fingerprint density at radius 1 is 1.36 bits per heavy atom. The van der Waals surface area contributed by atoms with Crippen molar-refractivity contribution < 1.29 is 14.7 Å². The zero-order valence-electron chi connectivity index (χ0n) is 9.20. The molecule has 0 saturated heterocycles. The average molecular weight is 201 g/mol. The lowest BCUT2D eigenvalue weighted by Gasteiger charge is -2.29. The first-order chi connectivity index (χ1) is 6.19. The number of carbonyl (C=O) groups excluding carboxylic acids is 1. The summed E-state index contributed by atoms with van der Waals surface area (Å²) in [5.74, 6) is -1.07. The first-order valence-corrected chi connectivity index (χ1v) is 4.71. The van der Waals surface area contributed by atoms with Gasteiger partial charge in [-0.2, -0.15) is 0 Å². The van der Waals surface area contributed by atoms with Crippen molar-refractivity contribution in [3.8, 4) is 0 Å². The third kappa shape index (κ3) is 3.10. The van der Waals surface area contributed by atoms with Crippen molar-refractivity contribution in [3.63, 3.8) is 0 Å². The van der Waals surface area contributed by atoms with Crippen LogP contribution in [0.15, 0.2) is 0 Å². The number of ketones is 1. The van der Waals surface area contributed by atoms with Crippen LogP contribution in [0.1, 0.15) is 34.1 Å². The summed E-state index contributed by atoms with van der Waals surface area (Å²) < 4.78 is 0. The molecule has 14 heavy (non-hydrogen) atoms. The summed E-state index contributed by atoms with van der Waals surface area (Å²) >= 11 is 0. The Morgan fingerprint density at radius 3 is 2.07 bits per heavy atom. The van der Waals surface area contributed by atoms with E-state index in [1.807, 2.05) is 13.8 Å². The van der Waals surface area contributed by atoms with Gasteiger partial charge < -0.3 is 10.8 Å². The summed E-state index contributed by atoms with van der Waals surface area (Å²) in [6.07, 6.45) is -0.297. The molecule has 0 saturated carbocycles. The van der Waals surface area contributed by atoms with Crippen LogP contribution < -0.4 is 5.73 Å². The van der Waals surface area contributed by atoms with E-state index in [2.05, 4.69) is 0 Å². The van der Waals surface area contributed by atoms with Crippen LogP contribution in [0.3, 0.4) is 0 Å². The van der Waals surface area contributed by atoms with Gasteiger partial charge in [-0.3, -0.25) is 9.59 Å². The molecule has 0 radical (unpaired) electrons. The van der Waals surface area contributed by atoms with Gasteiger partial charge in [0.05, 0.1) is 12.5 Å². The minimum atomic E-state index is -1.04. The Morgan fingerprint density at radius 2 is 1.79 bits per heavy atom. The predicted molar refractivity (Wildman–Crippen MR) is 53.9 cm³/mol. The maximum Gasteiger partial charge on any atom is 0.305 e. The monoisotopic (exact) mass is 201 g/mol. The third-order valence-corrected chi connectivity index (χ3v) is 2.81. The Bertz CT molecular complexity index is 234. The van der Waals surface area contributed by atoms with Gasteiger partial charge in [0.2, 0.25) is 0 Å². The van der Waals surface area contributed by atoms with E-state index >= 15 is 0 Å². The SMILES string of the molecule is CC(C)C(C)(C)C(=O)C(N)CC(=O)O. The van der Waals surface area contributed by atoms with Crippen molar-refractivity contribution in [2.75, 3.05) is 0 Å². The van der Waals surface area contributed by atoms with E-state index in [0.29, 0.717) is 0 Å². The maximum absolute atomic E-state index is 11.8. The van der Waals surface area contributed by atoms with Crippen LogP contribution in [0.2, 0.25) is 0 Å². The summed E-state index contributed by atoms with van der Waals surface area (Å²) in [6.45, 7) is 7.43. The first-order valence-electron chi connectivity index (χ1n) is 4.71. The molecule has 3 N–H and O–H groups in total. The number of carbonyl (C=O) groups is 2. The van der Waals surface area contributed by atoms with Gasteiger partial charge in [0, 0.05) is 5.41 Å². The first kappa shape index (κ1) is 13.1. The number of rotatable bonds is 5. The minimum Gasteiger partial charge on any atom is -0.481 e. The van der Waals surface area contributed by atoms with Crippen molar-refractivity contribution in [2.24, 2.45) is 17.1 Å². The topological polar surface area (TPSA) is 80.4 Å². The summed E-state index contributed by atoms with van der Waals surface area (Å²) in [4.78, 5) is 22.1. The lowest BCUT2D eigenvalue weighted by Crippen LogP contribution is -2.44. The number of hydrogen-bond donors (Lipinski definition) is 2. The number of Topliss-reactive ketones (excluding diaryl/α,β-unsaturated/α-hetero) is 1. The van der Waals surface area contributed by atoms with Gasteiger partial charge in [-0.1, -0.05) is 27.7 Å². The van der Waals surface area contributed by atoms with Crippen molar-refractivity contribution >= 4 is 11.8 Å². The zero-order valence-corrected chi connectivity index (χ0v) is 9.20. The molecule has 0 rings (SSSR count). The second kappa shape index (κ2) is 4.55. The second-order valence-corrected chi connectivity index (χ2v) is 4.44. The maximum atomic E-state index is 11.8. The van der Waals surface area contributed by atoms with Crippen LogP contribution in [-0.2, 0) is 9.59 Å². The highest BCUT2D eigenvalue weighted by Gasteiger charge is 2.35. The number of aliphatic carboxylic acids is 1. The number of carboxylic acid groups (broad SMARTS) is 1. The van der Waals surface area contributed by atoms with Gasteiger partial charge in [-0.05, 0) is 5.92 Å². The molecule has 0 bridgehead atoms. The molecule has 0 heterocycles. The normalized spacial score (nSPS) is 14.1. The molecule has 4 nitrogen and oxygen atoms in total. The van der Waals surface area contributed by atoms with E-state index < -0.39 is 17.4 Å². The van der Waals surface area contributed by atoms with Crippen LogP contribution in [0, 0.1) is 11.3 Å². The largest absolute Gasteiger partial charge is 0.481 e. The van der Waals surface area contributed by atoms with Gasteiger partial charge in [0.1, 0.15) is 0 Å². The highest BCUT2D eigenvalue weighted by Crippen LogP contribution is 2.28. The summed E-state index contributed by atoms with van der Waals surface area (Å²) in [5, 5.41) is 8.50. The van der Waals surface area contributed by atoms with Gasteiger partial charge in [-0.15, -0.1) is 0 Å². The van der Waals surface area contributed by atoms with Gasteiger partial charge in [0.15, 0.2) is 5.78 Å². The molecule has 0 aromatic carbocycles. The van der Waals surface area contributed by atoms with E-state index in [-0.39, 0.29) is 18.1 Å². The smallest absolute Gasteiger partial charge is 0.305 e. The third-order valence-electron chi connectivity index (χ3n) is 2.81. The van der Waals surface area contributed by atoms with Crippen LogP contribution in [0.5, 0.6) is 0 Å². The zero-order chi connectivity index (χ0) is 11.5. The molecule has 82 valence electrons. The second-order valence-electron chi connectivity index (χ2n) is 4.44. The summed E-state index contributed by atoms with van der Waals surface area (Å²) in [5.41, 5.74) is 4.95. The molecule has 0 fully saturated rings. The van der Waals surface area contributed by atoms with Crippen molar-refractivity contribution in [3.05, 3.63) is 0 Å². The van der Waals surface area contributed by atoms with E-state index in [9.17, 15) is 9.59 Å². The molecule has 0 aliphatic heterocycles. The molecule has 0 aliphatic carbocycles. The number of nitrogens with two attached hydrogens (primary N) is 1.